The Morgan fingerprint density at radius 1 is 1.09 bits per heavy atom. The number of carbonyl (C=O) groups excluding carboxylic acids is 1. The van der Waals surface area contributed by atoms with E-state index >= 15 is 0 Å². The van der Waals surface area contributed by atoms with Gasteiger partial charge < -0.3 is 10.2 Å². The molecular formula is C22H20ClFN6OS. The Labute approximate surface area is 193 Å². The van der Waals surface area contributed by atoms with Crippen LogP contribution in [0.5, 0.6) is 0 Å². The number of aromatic nitrogens is 3. The average molecular weight is 471 g/mol. The first-order valence-corrected chi connectivity index (χ1v) is 11.4. The predicted octanol–water partition coefficient (Wildman–Crippen LogP) is 4.01. The second kappa shape index (κ2) is 8.85. The Bertz CT molecular complexity index is 1220. The molecule has 5 rings (SSSR count). The Kier molecular flexibility index (Phi) is 5.77. The van der Waals surface area contributed by atoms with Crippen LogP contribution in [0.2, 0.25) is 5.02 Å². The number of benzene rings is 2. The summed E-state index contributed by atoms with van der Waals surface area (Å²) < 4.78 is 14.9. The Hall–Kier alpha value is -3.01. The molecule has 1 aliphatic rings. The van der Waals surface area contributed by atoms with Crippen molar-refractivity contribution in [2.75, 3.05) is 42.9 Å². The second-order valence-corrected chi connectivity index (χ2v) is 8.88. The minimum Gasteiger partial charge on any atom is -0.344 e. The molecule has 0 radical (unpaired) electrons. The largest absolute Gasteiger partial charge is 0.344 e. The number of anilines is 2. The van der Waals surface area contributed by atoms with Crippen LogP contribution in [0.1, 0.15) is 0 Å². The normalized spacial score (nSPS) is 14.8. The zero-order valence-electron chi connectivity index (χ0n) is 17.0. The maximum atomic E-state index is 13.1. The SMILES string of the molecule is O=C(CN1CCN(c2nn3cc(-c4ccc(F)cc4)nc3s2)CC1)Nc1ccccc1Cl. The number of fused-ring (bicyclic) bond motifs is 1. The van der Waals surface area contributed by atoms with Gasteiger partial charge in [-0.1, -0.05) is 35.1 Å². The summed E-state index contributed by atoms with van der Waals surface area (Å²) in [4.78, 5) is 22.1. The van der Waals surface area contributed by atoms with Crippen molar-refractivity contribution < 1.29 is 9.18 Å². The van der Waals surface area contributed by atoms with Crippen LogP contribution in [0.25, 0.3) is 16.2 Å². The highest BCUT2D eigenvalue weighted by Gasteiger charge is 2.22. The smallest absolute Gasteiger partial charge is 0.238 e. The maximum absolute atomic E-state index is 13.1. The van der Waals surface area contributed by atoms with Crippen LogP contribution in [0.4, 0.5) is 15.2 Å². The third-order valence-electron chi connectivity index (χ3n) is 5.33. The van der Waals surface area contributed by atoms with E-state index < -0.39 is 0 Å². The highest BCUT2D eigenvalue weighted by molar-refractivity contribution is 7.20. The van der Waals surface area contributed by atoms with Crippen LogP contribution in [0.15, 0.2) is 54.7 Å². The van der Waals surface area contributed by atoms with Gasteiger partial charge in [0.15, 0.2) is 0 Å². The molecule has 0 bridgehead atoms. The summed E-state index contributed by atoms with van der Waals surface area (Å²) in [7, 11) is 0. The second-order valence-electron chi connectivity index (χ2n) is 7.54. The van der Waals surface area contributed by atoms with Gasteiger partial charge in [0.2, 0.25) is 16.0 Å². The monoisotopic (exact) mass is 470 g/mol. The highest BCUT2D eigenvalue weighted by atomic mass is 35.5. The van der Waals surface area contributed by atoms with E-state index in [2.05, 4.69) is 25.2 Å². The van der Waals surface area contributed by atoms with Gasteiger partial charge in [0.05, 0.1) is 29.1 Å². The van der Waals surface area contributed by atoms with Crippen LogP contribution in [0, 0.1) is 5.82 Å². The van der Waals surface area contributed by atoms with Gasteiger partial charge in [0, 0.05) is 31.7 Å². The molecule has 1 saturated heterocycles. The Morgan fingerprint density at radius 3 is 2.56 bits per heavy atom. The number of nitrogens with one attached hydrogen (secondary N) is 1. The zero-order chi connectivity index (χ0) is 22.1. The fourth-order valence-electron chi connectivity index (χ4n) is 3.63. The molecule has 0 aliphatic carbocycles. The summed E-state index contributed by atoms with van der Waals surface area (Å²) in [5.74, 6) is -0.344. The van der Waals surface area contributed by atoms with Gasteiger partial charge in [-0.3, -0.25) is 9.69 Å². The van der Waals surface area contributed by atoms with Crippen molar-refractivity contribution in [3.05, 3.63) is 65.6 Å². The summed E-state index contributed by atoms with van der Waals surface area (Å²) in [5.41, 5.74) is 2.25. The molecule has 0 saturated carbocycles. The lowest BCUT2D eigenvalue weighted by atomic mass is 10.2. The van der Waals surface area contributed by atoms with Gasteiger partial charge in [-0.2, -0.15) is 0 Å². The summed E-state index contributed by atoms with van der Waals surface area (Å²) in [6.07, 6.45) is 1.86. The lowest BCUT2D eigenvalue weighted by Gasteiger charge is -2.33. The summed E-state index contributed by atoms with van der Waals surface area (Å²) in [5, 5.41) is 8.96. The number of hydrogen-bond donors (Lipinski definition) is 1. The number of nitrogens with zero attached hydrogens (tertiary/aromatic N) is 5. The third kappa shape index (κ3) is 4.45. The first kappa shape index (κ1) is 20.9. The molecule has 0 atom stereocenters. The molecule has 1 amide bonds. The highest BCUT2D eigenvalue weighted by Crippen LogP contribution is 2.27. The van der Waals surface area contributed by atoms with Crippen molar-refractivity contribution in [3.8, 4) is 11.3 Å². The summed E-state index contributed by atoms with van der Waals surface area (Å²) >= 11 is 7.63. The summed E-state index contributed by atoms with van der Waals surface area (Å²) in [6.45, 7) is 3.40. The topological polar surface area (TPSA) is 65.8 Å². The zero-order valence-corrected chi connectivity index (χ0v) is 18.6. The van der Waals surface area contributed by atoms with Gasteiger partial charge in [-0.25, -0.2) is 13.9 Å². The van der Waals surface area contributed by atoms with E-state index in [1.54, 1.807) is 28.8 Å². The fourth-order valence-corrected chi connectivity index (χ4v) is 4.75. The molecule has 164 valence electrons. The van der Waals surface area contributed by atoms with Crippen molar-refractivity contribution in [2.45, 2.75) is 0 Å². The molecule has 32 heavy (non-hydrogen) atoms. The number of carbonyl (C=O) groups is 1. The van der Waals surface area contributed by atoms with E-state index in [4.69, 9.17) is 11.6 Å². The predicted molar refractivity (Wildman–Crippen MR) is 125 cm³/mol. The fraction of sp³-hybridized carbons (Fsp3) is 0.227. The van der Waals surface area contributed by atoms with Gasteiger partial charge in [0.25, 0.3) is 0 Å². The molecule has 7 nitrogen and oxygen atoms in total. The molecule has 1 aliphatic heterocycles. The number of amides is 1. The van der Waals surface area contributed by atoms with Crippen molar-refractivity contribution in [1.82, 2.24) is 19.5 Å². The van der Waals surface area contributed by atoms with Crippen LogP contribution in [-0.2, 0) is 4.79 Å². The molecular weight excluding hydrogens is 451 g/mol. The van der Waals surface area contributed by atoms with Crippen LogP contribution in [-0.4, -0.2) is 58.1 Å². The molecule has 0 spiro atoms. The minimum atomic E-state index is -0.268. The van der Waals surface area contributed by atoms with Gasteiger partial charge in [-0.15, -0.1) is 5.10 Å². The number of halogens is 2. The van der Waals surface area contributed by atoms with Crippen molar-refractivity contribution in [1.29, 1.82) is 0 Å². The molecule has 4 aromatic rings. The van der Waals surface area contributed by atoms with Gasteiger partial charge in [0.1, 0.15) is 5.82 Å². The molecule has 0 unspecified atom stereocenters. The van der Waals surface area contributed by atoms with Crippen LogP contribution < -0.4 is 10.2 Å². The average Bonchev–Trinajstić information content (AvgIpc) is 3.36. The maximum Gasteiger partial charge on any atom is 0.238 e. The number of para-hydroxylation sites is 1. The lowest BCUT2D eigenvalue weighted by molar-refractivity contribution is -0.117. The minimum absolute atomic E-state index is 0.0763. The first-order chi connectivity index (χ1) is 15.5. The molecule has 1 N–H and O–H groups in total. The molecule has 3 heterocycles. The van der Waals surface area contributed by atoms with Crippen molar-refractivity contribution >= 4 is 44.6 Å². The first-order valence-electron chi connectivity index (χ1n) is 10.2. The summed E-state index contributed by atoms with van der Waals surface area (Å²) in [6, 6.07) is 13.5. The van der Waals surface area contributed by atoms with E-state index in [9.17, 15) is 9.18 Å². The Balaban J connectivity index is 1.18. The number of hydrogen-bond acceptors (Lipinski definition) is 6. The lowest BCUT2D eigenvalue weighted by Crippen LogP contribution is -2.48. The third-order valence-corrected chi connectivity index (χ3v) is 6.64. The van der Waals surface area contributed by atoms with E-state index in [0.29, 0.717) is 17.3 Å². The van der Waals surface area contributed by atoms with Crippen LogP contribution >= 0.6 is 22.9 Å². The van der Waals surface area contributed by atoms with Crippen molar-refractivity contribution in [3.63, 3.8) is 0 Å². The number of imidazole rings is 1. The Morgan fingerprint density at radius 2 is 1.84 bits per heavy atom. The molecule has 2 aromatic carbocycles. The standard InChI is InChI=1S/C22H20ClFN6OS/c23-17-3-1-2-4-18(17)25-20(31)14-28-9-11-29(12-10-28)22-27-30-13-19(26-21(30)32-22)15-5-7-16(24)8-6-15/h1-8,13H,9-12,14H2,(H,25,31). The quantitative estimate of drug-likeness (QED) is 0.477. The van der Waals surface area contributed by atoms with Gasteiger partial charge >= 0.3 is 0 Å². The van der Waals surface area contributed by atoms with Crippen molar-refractivity contribution in [2.24, 2.45) is 0 Å². The van der Waals surface area contributed by atoms with E-state index in [0.717, 1.165) is 47.5 Å². The molecule has 2 aromatic heterocycles. The van der Waals surface area contributed by atoms with Gasteiger partial charge in [-0.05, 0) is 36.4 Å². The number of rotatable bonds is 5. The molecule has 10 heteroatoms. The van der Waals surface area contributed by atoms with E-state index in [-0.39, 0.29) is 11.7 Å². The van der Waals surface area contributed by atoms with E-state index in [1.807, 2.05) is 18.3 Å². The van der Waals surface area contributed by atoms with Crippen LogP contribution in [0.3, 0.4) is 0 Å². The number of piperazine rings is 1. The molecule has 1 fully saturated rings. The van der Waals surface area contributed by atoms with E-state index in [1.165, 1.54) is 23.5 Å².